The van der Waals surface area contributed by atoms with Crippen LogP contribution in [0.25, 0.3) is 0 Å². The second kappa shape index (κ2) is 5.30. The lowest BCUT2D eigenvalue weighted by molar-refractivity contribution is 0.0548. The molecule has 1 aromatic heterocycles. The molecule has 0 unspecified atom stereocenters. The Morgan fingerprint density at radius 1 is 1.27 bits per heavy atom. The third-order valence-corrected chi connectivity index (χ3v) is 4.88. The summed E-state index contributed by atoms with van der Waals surface area (Å²) in [6.45, 7) is 1.76. The van der Waals surface area contributed by atoms with E-state index in [0.717, 1.165) is 11.1 Å². The number of ether oxygens (including phenoxy) is 2. The van der Waals surface area contributed by atoms with Gasteiger partial charge in [-0.25, -0.2) is 0 Å². The van der Waals surface area contributed by atoms with Crippen molar-refractivity contribution in [2.24, 2.45) is 0 Å². The highest BCUT2D eigenvalue weighted by atomic mass is 32.1. The van der Waals surface area contributed by atoms with Gasteiger partial charge in [-0.1, -0.05) is 24.3 Å². The van der Waals surface area contributed by atoms with Gasteiger partial charge >= 0.3 is 0 Å². The molecule has 0 aliphatic carbocycles. The van der Waals surface area contributed by atoms with Crippen molar-refractivity contribution in [2.75, 3.05) is 19.8 Å². The lowest BCUT2D eigenvalue weighted by Gasteiger charge is -2.32. The summed E-state index contributed by atoms with van der Waals surface area (Å²) in [5, 5.41) is 12.1. The summed E-state index contributed by atoms with van der Waals surface area (Å²) >= 11 is 1.33. The van der Waals surface area contributed by atoms with Crippen LogP contribution in [0.15, 0.2) is 29.6 Å². The highest BCUT2D eigenvalue weighted by Crippen LogP contribution is 2.40. The Morgan fingerprint density at radius 3 is 3.00 bits per heavy atom. The molecule has 5 nitrogen and oxygen atoms in total. The summed E-state index contributed by atoms with van der Waals surface area (Å²) in [7, 11) is 0. The normalized spacial score (nSPS) is 19.7. The van der Waals surface area contributed by atoms with E-state index in [4.69, 9.17) is 9.47 Å². The van der Waals surface area contributed by atoms with Crippen LogP contribution < -0.4 is 9.47 Å². The maximum atomic E-state index is 12.8. The molecule has 114 valence electrons. The van der Waals surface area contributed by atoms with Crippen molar-refractivity contribution >= 4 is 17.2 Å². The van der Waals surface area contributed by atoms with E-state index >= 15 is 0 Å². The van der Waals surface area contributed by atoms with Gasteiger partial charge in [0.15, 0.2) is 11.5 Å². The molecule has 2 aliphatic heterocycles. The molecule has 0 bridgehead atoms. The number of aliphatic hydroxyl groups is 1. The zero-order chi connectivity index (χ0) is 15.1. The first kappa shape index (κ1) is 13.6. The van der Waals surface area contributed by atoms with Gasteiger partial charge in [0.2, 0.25) is 0 Å². The molecule has 0 fully saturated rings. The minimum Gasteiger partial charge on any atom is -0.485 e. The van der Waals surface area contributed by atoms with Crippen molar-refractivity contribution in [3.05, 3.63) is 45.6 Å². The van der Waals surface area contributed by atoms with Crippen molar-refractivity contribution in [2.45, 2.75) is 12.6 Å². The van der Waals surface area contributed by atoms with Gasteiger partial charge in [0.25, 0.3) is 5.91 Å². The molecule has 2 aromatic rings. The van der Waals surface area contributed by atoms with Crippen LogP contribution in [0.3, 0.4) is 0 Å². The van der Waals surface area contributed by atoms with Crippen LogP contribution in [0, 0.1) is 0 Å². The maximum absolute atomic E-state index is 12.8. The van der Waals surface area contributed by atoms with E-state index in [-0.39, 0.29) is 5.91 Å². The van der Waals surface area contributed by atoms with Gasteiger partial charge in [-0.05, 0) is 11.1 Å². The third kappa shape index (κ3) is 2.15. The van der Waals surface area contributed by atoms with E-state index in [2.05, 4.69) is 0 Å². The molecule has 1 atom stereocenters. The molecule has 22 heavy (non-hydrogen) atoms. The number of aliphatic hydroxyl groups excluding tert-OH is 1. The fourth-order valence-corrected chi connectivity index (χ4v) is 3.79. The Hall–Kier alpha value is -2.05. The van der Waals surface area contributed by atoms with Crippen molar-refractivity contribution in [1.82, 2.24) is 4.90 Å². The number of rotatable bonds is 1. The van der Waals surface area contributed by atoms with E-state index in [1.54, 1.807) is 10.3 Å². The minimum absolute atomic E-state index is 0.120. The smallest absolute Gasteiger partial charge is 0.268 e. The second-order valence-corrected chi connectivity index (χ2v) is 6.24. The van der Waals surface area contributed by atoms with Crippen molar-refractivity contribution < 1.29 is 19.4 Å². The lowest BCUT2D eigenvalue weighted by atomic mass is 9.97. The monoisotopic (exact) mass is 317 g/mol. The SMILES string of the molecule is O=C(c1scc2c1OCCO2)N1Cc2ccccc2[C@@H](O)C1. The molecule has 0 saturated heterocycles. The van der Waals surface area contributed by atoms with Crippen molar-refractivity contribution in [3.63, 3.8) is 0 Å². The Morgan fingerprint density at radius 2 is 2.09 bits per heavy atom. The molecule has 1 amide bonds. The quantitative estimate of drug-likeness (QED) is 0.876. The van der Waals surface area contributed by atoms with E-state index < -0.39 is 6.10 Å². The number of carbonyl (C=O) groups is 1. The fourth-order valence-electron chi connectivity index (χ4n) is 2.89. The average Bonchev–Trinajstić information content (AvgIpc) is 2.98. The molecule has 3 heterocycles. The topological polar surface area (TPSA) is 59.0 Å². The first-order chi connectivity index (χ1) is 10.7. The van der Waals surface area contributed by atoms with Crippen molar-refractivity contribution in [1.29, 1.82) is 0 Å². The van der Waals surface area contributed by atoms with Crippen LogP contribution in [0.2, 0.25) is 0 Å². The number of thiophene rings is 1. The maximum Gasteiger partial charge on any atom is 0.268 e. The van der Waals surface area contributed by atoms with E-state index in [1.807, 2.05) is 24.3 Å². The van der Waals surface area contributed by atoms with Gasteiger partial charge in [0, 0.05) is 11.9 Å². The van der Waals surface area contributed by atoms with Gasteiger partial charge < -0.3 is 19.5 Å². The number of benzene rings is 1. The summed E-state index contributed by atoms with van der Waals surface area (Å²) in [6.07, 6.45) is -0.651. The lowest BCUT2D eigenvalue weighted by Crippen LogP contribution is -2.38. The molecule has 1 N–H and O–H groups in total. The second-order valence-electron chi connectivity index (χ2n) is 5.36. The van der Waals surface area contributed by atoms with Crippen LogP contribution in [-0.2, 0) is 6.54 Å². The standard InChI is InChI=1S/C16H15NO4S/c18-12-8-17(7-10-3-1-2-4-11(10)12)16(19)15-14-13(9-22-15)20-5-6-21-14/h1-4,9,12,18H,5-8H2/t12-/m0/s1. The Labute approximate surface area is 131 Å². The molecule has 0 spiro atoms. The number of hydrogen-bond donors (Lipinski definition) is 1. The first-order valence-corrected chi connectivity index (χ1v) is 8.04. The number of amides is 1. The largest absolute Gasteiger partial charge is 0.485 e. The van der Waals surface area contributed by atoms with Gasteiger partial charge in [0.1, 0.15) is 18.1 Å². The molecular formula is C16H15NO4S. The third-order valence-electron chi connectivity index (χ3n) is 3.95. The van der Waals surface area contributed by atoms with Crippen LogP contribution >= 0.6 is 11.3 Å². The molecule has 0 saturated carbocycles. The number of fused-ring (bicyclic) bond motifs is 2. The summed E-state index contributed by atoms with van der Waals surface area (Å²) in [4.78, 5) is 15.0. The number of carbonyl (C=O) groups excluding carboxylic acids is 1. The number of nitrogens with zero attached hydrogens (tertiary/aromatic N) is 1. The summed E-state index contributed by atoms with van der Waals surface area (Å²) in [5.74, 6) is 1.05. The zero-order valence-electron chi connectivity index (χ0n) is 11.8. The van der Waals surface area contributed by atoms with Crippen LogP contribution in [0.5, 0.6) is 11.5 Å². The predicted octanol–water partition coefficient (Wildman–Crippen LogP) is 2.21. The summed E-state index contributed by atoms with van der Waals surface area (Å²) in [5.41, 5.74) is 1.89. The van der Waals surface area contributed by atoms with Crippen LogP contribution in [-0.4, -0.2) is 35.7 Å². The fraction of sp³-hybridized carbons (Fsp3) is 0.312. The number of β-amino-alcohol motifs (C(OH)–C–C–N with tert-alkyl or cyclic N) is 1. The summed E-state index contributed by atoms with van der Waals surface area (Å²) in [6, 6.07) is 7.68. The Bertz CT molecular complexity index is 727. The van der Waals surface area contributed by atoms with Crippen molar-refractivity contribution in [3.8, 4) is 11.5 Å². The average molecular weight is 317 g/mol. The molecule has 2 aliphatic rings. The minimum atomic E-state index is -0.651. The highest BCUT2D eigenvalue weighted by molar-refractivity contribution is 7.12. The van der Waals surface area contributed by atoms with Crippen LogP contribution in [0.1, 0.15) is 26.9 Å². The molecular weight excluding hydrogens is 302 g/mol. The van der Waals surface area contributed by atoms with Gasteiger partial charge in [-0.3, -0.25) is 4.79 Å². The highest BCUT2D eigenvalue weighted by Gasteiger charge is 2.31. The molecule has 0 radical (unpaired) electrons. The van der Waals surface area contributed by atoms with Crippen LogP contribution in [0.4, 0.5) is 0 Å². The number of hydrogen-bond acceptors (Lipinski definition) is 5. The van der Waals surface area contributed by atoms with E-state index in [1.165, 1.54) is 11.3 Å². The molecule has 4 rings (SSSR count). The summed E-state index contributed by atoms with van der Waals surface area (Å²) < 4.78 is 11.1. The zero-order valence-corrected chi connectivity index (χ0v) is 12.6. The van der Waals surface area contributed by atoms with Gasteiger partial charge in [-0.2, -0.15) is 0 Å². The van der Waals surface area contributed by atoms with E-state index in [0.29, 0.717) is 42.7 Å². The Kier molecular flexibility index (Phi) is 3.28. The van der Waals surface area contributed by atoms with Gasteiger partial charge in [-0.15, -0.1) is 11.3 Å². The first-order valence-electron chi connectivity index (χ1n) is 7.16. The molecule has 6 heteroatoms. The molecule has 1 aromatic carbocycles. The van der Waals surface area contributed by atoms with E-state index in [9.17, 15) is 9.90 Å². The predicted molar refractivity (Wildman–Crippen MR) is 81.5 cm³/mol. The Balaban J connectivity index is 1.63. The van der Waals surface area contributed by atoms with Gasteiger partial charge in [0.05, 0.1) is 12.6 Å².